The van der Waals surface area contributed by atoms with Gasteiger partial charge in [-0.15, -0.1) is 0 Å². The Morgan fingerprint density at radius 3 is 2.76 bits per heavy atom. The first kappa shape index (κ1) is 11.9. The summed E-state index contributed by atoms with van der Waals surface area (Å²) < 4.78 is 5.43. The highest BCUT2D eigenvalue weighted by Crippen LogP contribution is 2.26. The Bertz CT molecular complexity index is 398. The van der Waals surface area contributed by atoms with E-state index in [0.717, 1.165) is 31.6 Å². The summed E-state index contributed by atoms with van der Waals surface area (Å²) in [6.45, 7) is 2.23. The number of hydrogen-bond donors (Lipinski definition) is 1. The zero-order chi connectivity index (χ0) is 12.3. The van der Waals surface area contributed by atoms with Gasteiger partial charge in [0.15, 0.2) is 5.69 Å². The second-order valence-corrected chi connectivity index (χ2v) is 4.73. The summed E-state index contributed by atoms with van der Waals surface area (Å²) in [5.41, 5.74) is 6.29. The molecule has 92 valence electrons. The summed E-state index contributed by atoms with van der Waals surface area (Å²) in [5.74, 6) is 0.340. The average molecular weight is 234 g/mol. The number of nitrogens with zero attached hydrogens (tertiary/aromatic N) is 1. The van der Waals surface area contributed by atoms with E-state index in [4.69, 9.17) is 10.5 Å². The van der Waals surface area contributed by atoms with Gasteiger partial charge in [-0.25, -0.2) is 9.78 Å². The maximum absolute atomic E-state index is 11.9. The second-order valence-electron chi connectivity index (χ2n) is 4.73. The standard InChI is InChI=1S/C13H18N2O2/c1-9-4-6-10(7-5-9)17-13(16)12-11(14)3-2-8-15-12/h2-3,8-10H,4-7,14H2,1H3. The Morgan fingerprint density at radius 1 is 1.41 bits per heavy atom. The molecule has 4 nitrogen and oxygen atoms in total. The first-order chi connectivity index (χ1) is 8.16. The van der Waals surface area contributed by atoms with Crippen LogP contribution in [0.1, 0.15) is 43.1 Å². The minimum Gasteiger partial charge on any atom is -0.458 e. The van der Waals surface area contributed by atoms with E-state index in [0.29, 0.717) is 5.69 Å². The number of anilines is 1. The lowest BCUT2D eigenvalue weighted by atomic mass is 9.89. The highest BCUT2D eigenvalue weighted by atomic mass is 16.5. The summed E-state index contributed by atoms with van der Waals surface area (Å²) in [4.78, 5) is 15.8. The van der Waals surface area contributed by atoms with Crippen LogP contribution < -0.4 is 5.73 Å². The van der Waals surface area contributed by atoms with E-state index < -0.39 is 5.97 Å². The third-order valence-electron chi connectivity index (χ3n) is 3.27. The Balaban J connectivity index is 1.96. The fourth-order valence-corrected chi connectivity index (χ4v) is 2.14. The topological polar surface area (TPSA) is 65.2 Å². The molecule has 1 saturated carbocycles. The largest absolute Gasteiger partial charge is 0.458 e. The van der Waals surface area contributed by atoms with Crippen molar-refractivity contribution in [3.05, 3.63) is 24.0 Å². The smallest absolute Gasteiger partial charge is 0.359 e. The van der Waals surface area contributed by atoms with Gasteiger partial charge in [-0.1, -0.05) is 6.92 Å². The Morgan fingerprint density at radius 2 is 2.12 bits per heavy atom. The second kappa shape index (κ2) is 5.17. The van der Waals surface area contributed by atoms with Crippen LogP contribution in [0.15, 0.2) is 18.3 Å². The highest BCUT2D eigenvalue weighted by molar-refractivity contribution is 5.92. The molecule has 0 aliphatic heterocycles. The van der Waals surface area contributed by atoms with Crippen LogP contribution in [0.2, 0.25) is 0 Å². The van der Waals surface area contributed by atoms with Crippen LogP contribution in [-0.4, -0.2) is 17.1 Å². The van der Waals surface area contributed by atoms with Gasteiger partial charge >= 0.3 is 5.97 Å². The normalized spacial score (nSPS) is 24.3. The fraction of sp³-hybridized carbons (Fsp3) is 0.538. The molecule has 1 fully saturated rings. The lowest BCUT2D eigenvalue weighted by Gasteiger charge is -2.25. The third kappa shape index (κ3) is 2.96. The molecule has 0 saturated heterocycles. The lowest BCUT2D eigenvalue weighted by Crippen LogP contribution is -2.24. The molecule has 0 amide bonds. The summed E-state index contributed by atoms with van der Waals surface area (Å²) in [7, 11) is 0. The van der Waals surface area contributed by atoms with E-state index in [2.05, 4.69) is 11.9 Å². The van der Waals surface area contributed by atoms with Crippen molar-refractivity contribution in [2.24, 2.45) is 5.92 Å². The van der Waals surface area contributed by atoms with Crippen molar-refractivity contribution in [2.75, 3.05) is 5.73 Å². The monoisotopic (exact) mass is 234 g/mol. The van der Waals surface area contributed by atoms with E-state index >= 15 is 0 Å². The first-order valence-electron chi connectivity index (χ1n) is 6.08. The molecule has 4 heteroatoms. The van der Waals surface area contributed by atoms with E-state index in [1.165, 1.54) is 0 Å². The predicted octanol–water partition coefficient (Wildman–Crippen LogP) is 2.40. The maximum atomic E-state index is 11.9. The van der Waals surface area contributed by atoms with Crippen LogP contribution in [0.5, 0.6) is 0 Å². The summed E-state index contributed by atoms with van der Waals surface area (Å²) in [6.07, 6.45) is 5.71. The number of carbonyl (C=O) groups excluding carboxylic acids is 1. The van der Waals surface area contributed by atoms with Crippen molar-refractivity contribution in [3.8, 4) is 0 Å². The number of esters is 1. The predicted molar refractivity (Wildman–Crippen MR) is 65.5 cm³/mol. The van der Waals surface area contributed by atoms with Gasteiger partial charge in [0.25, 0.3) is 0 Å². The van der Waals surface area contributed by atoms with Crippen LogP contribution in [0, 0.1) is 5.92 Å². The number of rotatable bonds is 2. The number of carbonyl (C=O) groups is 1. The van der Waals surface area contributed by atoms with Gasteiger partial charge < -0.3 is 10.5 Å². The van der Waals surface area contributed by atoms with Gasteiger partial charge in [-0.05, 0) is 43.7 Å². The molecule has 1 aliphatic carbocycles. The van der Waals surface area contributed by atoms with E-state index in [-0.39, 0.29) is 11.8 Å². The van der Waals surface area contributed by atoms with Crippen LogP contribution >= 0.6 is 0 Å². The van der Waals surface area contributed by atoms with E-state index in [1.807, 2.05) is 0 Å². The molecule has 1 heterocycles. The number of nitrogen functional groups attached to an aromatic ring is 1. The number of pyridine rings is 1. The van der Waals surface area contributed by atoms with Gasteiger partial charge in [0.1, 0.15) is 6.10 Å². The molecule has 2 rings (SSSR count). The molecule has 0 atom stereocenters. The molecular weight excluding hydrogens is 216 g/mol. The minimum atomic E-state index is -0.400. The number of ether oxygens (including phenoxy) is 1. The van der Waals surface area contributed by atoms with Crippen LogP contribution in [-0.2, 0) is 4.74 Å². The summed E-state index contributed by atoms with van der Waals surface area (Å²) in [6, 6.07) is 3.36. The van der Waals surface area contributed by atoms with Crippen molar-refractivity contribution >= 4 is 11.7 Å². The number of nitrogens with two attached hydrogens (primary N) is 1. The molecule has 1 aromatic heterocycles. The molecule has 1 aromatic rings. The molecule has 0 bridgehead atoms. The Hall–Kier alpha value is -1.58. The SMILES string of the molecule is CC1CCC(OC(=O)c2ncccc2N)CC1. The van der Waals surface area contributed by atoms with Crippen molar-refractivity contribution in [1.29, 1.82) is 0 Å². The van der Waals surface area contributed by atoms with Crippen molar-refractivity contribution in [2.45, 2.75) is 38.7 Å². The van der Waals surface area contributed by atoms with Gasteiger partial charge in [0.2, 0.25) is 0 Å². The molecule has 0 unspecified atom stereocenters. The Kier molecular flexibility index (Phi) is 3.61. The van der Waals surface area contributed by atoms with Crippen molar-refractivity contribution < 1.29 is 9.53 Å². The third-order valence-corrected chi connectivity index (χ3v) is 3.27. The van der Waals surface area contributed by atoms with Crippen molar-refractivity contribution in [3.63, 3.8) is 0 Å². The average Bonchev–Trinajstić information content (AvgIpc) is 2.32. The Labute approximate surface area is 101 Å². The molecule has 1 aliphatic rings. The molecule has 2 N–H and O–H groups in total. The van der Waals surface area contributed by atoms with Gasteiger partial charge in [0.05, 0.1) is 5.69 Å². The van der Waals surface area contributed by atoms with Gasteiger partial charge in [0, 0.05) is 6.20 Å². The molecule has 0 radical (unpaired) electrons. The van der Waals surface area contributed by atoms with E-state index in [9.17, 15) is 4.79 Å². The number of aromatic nitrogens is 1. The zero-order valence-corrected chi connectivity index (χ0v) is 10.1. The van der Waals surface area contributed by atoms with Crippen molar-refractivity contribution in [1.82, 2.24) is 4.98 Å². The fourth-order valence-electron chi connectivity index (χ4n) is 2.14. The quantitative estimate of drug-likeness (QED) is 0.798. The summed E-state index contributed by atoms with van der Waals surface area (Å²) in [5, 5.41) is 0. The summed E-state index contributed by atoms with van der Waals surface area (Å²) >= 11 is 0. The maximum Gasteiger partial charge on any atom is 0.359 e. The molecular formula is C13H18N2O2. The van der Waals surface area contributed by atoms with E-state index in [1.54, 1.807) is 18.3 Å². The molecule has 0 spiro atoms. The highest BCUT2D eigenvalue weighted by Gasteiger charge is 2.23. The van der Waals surface area contributed by atoms with Crippen LogP contribution in [0.4, 0.5) is 5.69 Å². The van der Waals surface area contributed by atoms with Crippen LogP contribution in [0.3, 0.4) is 0 Å². The van der Waals surface area contributed by atoms with Gasteiger partial charge in [-0.2, -0.15) is 0 Å². The molecule has 0 aromatic carbocycles. The van der Waals surface area contributed by atoms with Gasteiger partial charge in [-0.3, -0.25) is 0 Å². The minimum absolute atomic E-state index is 0.0279. The molecule has 17 heavy (non-hydrogen) atoms. The first-order valence-corrected chi connectivity index (χ1v) is 6.08. The van der Waals surface area contributed by atoms with Crippen LogP contribution in [0.25, 0.3) is 0 Å². The number of hydrogen-bond acceptors (Lipinski definition) is 4. The zero-order valence-electron chi connectivity index (χ0n) is 10.1. The lowest BCUT2D eigenvalue weighted by molar-refractivity contribution is 0.0168.